The van der Waals surface area contributed by atoms with Crippen molar-refractivity contribution in [3.05, 3.63) is 35.1 Å². The summed E-state index contributed by atoms with van der Waals surface area (Å²) in [6, 6.07) is 5.49. The van der Waals surface area contributed by atoms with E-state index in [2.05, 4.69) is 19.2 Å². The Morgan fingerprint density at radius 2 is 2.24 bits per heavy atom. The quantitative estimate of drug-likeness (QED) is 0.820. The Balaban J connectivity index is 1.89. The van der Waals surface area contributed by atoms with E-state index < -0.39 is 0 Å². The molecule has 1 fully saturated rings. The molecule has 1 heterocycles. The molecule has 0 amide bonds. The second-order valence-corrected chi connectivity index (χ2v) is 6.10. The van der Waals surface area contributed by atoms with Crippen LogP contribution in [0.3, 0.4) is 0 Å². The van der Waals surface area contributed by atoms with Gasteiger partial charge in [-0.2, -0.15) is 0 Å². The molecular formula is C18H28FNO. The maximum absolute atomic E-state index is 13.4. The lowest BCUT2D eigenvalue weighted by atomic mass is 9.95. The van der Waals surface area contributed by atoms with Gasteiger partial charge in [-0.25, -0.2) is 4.39 Å². The number of ether oxygens (including phenoxy) is 1. The summed E-state index contributed by atoms with van der Waals surface area (Å²) in [6.07, 6.45) is 7.20. The molecule has 1 aliphatic heterocycles. The fourth-order valence-electron chi connectivity index (χ4n) is 3.11. The van der Waals surface area contributed by atoms with E-state index in [-0.39, 0.29) is 5.82 Å². The van der Waals surface area contributed by atoms with E-state index in [1.165, 1.54) is 30.9 Å². The van der Waals surface area contributed by atoms with Crippen LogP contribution >= 0.6 is 0 Å². The van der Waals surface area contributed by atoms with E-state index in [1.54, 1.807) is 6.07 Å². The summed E-state index contributed by atoms with van der Waals surface area (Å²) in [5.74, 6) is -0.138. The molecule has 0 saturated carbocycles. The highest BCUT2D eigenvalue weighted by molar-refractivity contribution is 5.27. The Kier molecular flexibility index (Phi) is 6.65. The summed E-state index contributed by atoms with van der Waals surface area (Å²) in [7, 11) is 0. The lowest BCUT2D eigenvalue weighted by molar-refractivity contribution is 0.00860. The van der Waals surface area contributed by atoms with Crippen LogP contribution in [0.15, 0.2) is 18.2 Å². The van der Waals surface area contributed by atoms with E-state index >= 15 is 0 Å². The first-order chi connectivity index (χ1) is 10.2. The number of hydrogen-bond donors (Lipinski definition) is 1. The number of aryl methyl sites for hydroxylation is 1. The molecule has 2 atom stereocenters. The van der Waals surface area contributed by atoms with Crippen molar-refractivity contribution in [1.29, 1.82) is 0 Å². The largest absolute Gasteiger partial charge is 0.378 e. The molecule has 1 N–H and O–H groups in total. The zero-order valence-corrected chi connectivity index (χ0v) is 13.3. The van der Waals surface area contributed by atoms with Crippen LogP contribution in [0, 0.1) is 12.7 Å². The van der Waals surface area contributed by atoms with Crippen LogP contribution in [-0.2, 0) is 11.2 Å². The van der Waals surface area contributed by atoms with Gasteiger partial charge in [0.1, 0.15) is 5.82 Å². The third kappa shape index (κ3) is 5.40. The average molecular weight is 293 g/mol. The summed E-state index contributed by atoms with van der Waals surface area (Å²) in [4.78, 5) is 0. The summed E-state index contributed by atoms with van der Waals surface area (Å²) < 4.78 is 19.2. The Labute approximate surface area is 128 Å². The van der Waals surface area contributed by atoms with E-state index in [0.29, 0.717) is 12.1 Å². The predicted molar refractivity (Wildman–Crippen MR) is 85.1 cm³/mol. The van der Waals surface area contributed by atoms with Crippen molar-refractivity contribution in [2.45, 2.75) is 64.5 Å². The molecule has 0 aromatic heterocycles. The molecule has 1 aromatic carbocycles. The van der Waals surface area contributed by atoms with E-state index in [0.717, 1.165) is 38.0 Å². The summed E-state index contributed by atoms with van der Waals surface area (Å²) in [5.41, 5.74) is 2.29. The second-order valence-electron chi connectivity index (χ2n) is 6.10. The molecule has 3 heteroatoms. The number of nitrogens with one attached hydrogen (secondary N) is 1. The van der Waals surface area contributed by atoms with E-state index in [1.807, 2.05) is 6.07 Å². The van der Waals surface area contributed by atoms with Crippen molar-refractivity contribution < 1.29 is 9.13 Å². The van der Waals surface area contributed by atoms with Gasteiger partial charge in [-0.1, -0.05) is 13.0 Å². The smallest absolute Gasteiger partial charge is 0.123 e. The number of halogens is 1. The van der Waals surface area contributed by atoms with E-state index in [4.69, 9.17) is 4.74 Å². The van der Waals surface area contributed by atoms with Crippen LogP contribution in [0.25, 0.3) is 0 Å². The van der Waals surface area contributed by atoms with Gasteiger partial charge in [0.25, 0.3) is 0 Å². The van der Waals surface area contributed by atoms with Crippen LogP contribution in [0.5, 0.6) is 0 Å². The Morgan fingerprint density at radius 3 is 2.95 bits per heavy atom. The van der Waals surface area contributed by atoms with Crippen molar-refractivity contribution in [1.82, 2.24) is 5.32 Å². The van der Waals surface area contributed by atoms with Crippen molar-refractivity contribution in [3.8, 4) is 0 Å². The zero-order valence-electron chi connectivity index (χ0n) is 13.3. The Morgan fingerprint density at radius 1 is 1.38 bits per heavy atom. The van der Waals surface area contributed by atoms with Crippen LogP contribution in [-0.4, -0.2) is 25.3 Å². The highest BCUT2D eigenvalue weighted by atomic mass is 19.1. The van der Waals surface area contributed by atoms with Gasteiger partial charge in [0.05, 0.1) is 6.10 Å². The average Bonchev–Trinajstić information content (AvgIpc) is 2.50. The van der Waals surface area contributed by atoms with Gasteiger partial charge >= 0.3 is 0 Å². The fraction of sp³-hybridized carbons (Fsp3) is 0.667. The molecule has 2 unspecified atom stereocenters. The molecule has 0 radical (unpaired) electrons. The standard InChI is InChI=1S/C18H28FNO/c1-3-20-17(9-10-18-6-4-5-11-21-18)13-15-12-16(19)8-7-14(15)2/h7-8,12,17-18,20H,3-6,9-11,13H2,1-2H3. The zero-order chi connectivity index (χ0) is 15.1. The minimum atomic E-state index is -0.138. The van der Waals surface area contributed by atoms with Crippen molar-refractivity contribution in [2.75, 3.05) is 13.2 Å². The van der Waals surface area contributed by atoms with Gasteiger partial charge in [0.2, 0.25) is 0 Å². The minimum Gasteiger partial charge on any atom is -0.378 e. The Hall–Kier alpha value is -0.930. The highest BCUT2D eigenvalue weighted by Gasteiger charge is 2.17. The summed E-state index contributed by atoms with van der Waals surface area (Å²) >= 11 is 0. The molecule has 0 aliphatic carbocycles. The first-order valence-electron chi connectivity index (χ1n) is 8.29. The number of likely N-dealkylation sites (N-methyl/N-ethyl adjacent to an activating group) is 1. The Bertz CT molecular complexity index is 429. The molecule has 1 aliphatic rings. The number of rotatable bonds is 7. The normalized spacial score (nSPS) is 20.4. The van der Waals surface area contributed by atoms with Crippen molar-refractivity contribution in [2.24, 2.45) is 0 Å². The second kappa shape index (κ2) is 8.50. The number of benzene rings is 1. The molecule has 0 spiro atoms. The molecule has 1 saturated heterocycles. The minimum absolute atomic E-state index is 0.138. The third-order valence-corrected chi connectivity index (χ3v) is 4.38. The maximum Gasteiger partial charge on any atom is 0.123 e. The van der Waals surface area contributed by atoms with Gasteiger partial charge in [-0.05, 0) is 75.3 Å². The SMILES string of the molecule is CCNC(CCC1CCCCO1)Cc1cc(F)ccc1C. The van der Waals surface area contributed by atoms with Gasteiger partial charge in [-0.15, -0.1) is 0 Å². The first-order valence-corrected chi connectivity index (χ1v) is 8.29. The van der Waals surface area contributed by atoms with Crippen molar-refractivity contribution in [3.63, 3.8) is 0 Å². The van der Waals surface area contributed by atoms with Gasteiger partial charge < -0.3 is 10.1 Å². The van der Waals surface area contributed by atoms with Gasteiger partial charge in [-0.3, -0.25) is 0 Å². The molecule has 1 aromatic rings. The first kappa shape index (κ1) is 16.4. The topological polar surface area (TPSA) is 21.3 Å². The number of hydrogen-bond acceptors (Lipinski definition) is 2. The molecule has 2 rings (SSSR count). The predicted octanol–water partition coefficient (Wildman–Crippen LogP) is 4.00. The molecule has 118 valence electrons. The monoisotopic (exact) mass is 293 g/mol. The molecule has 21 heavy (non-hydrogen) atoms. The fourth-order valence-corrected chi connectivity index (χ4v) is 3.11. The van der Waals surface area contributed by atoms with Gasteiger partial charge in [0, 0.05) is 12.6 Å². The van der Waals surface area contributed by atoms with Crippen LogP contribution < -0.4 is 5.32 Å². The van der Waals surface area contributed by atoms with E-state index in [9.17, 15) is 4.39 Å². The maximum atomic E-state index is 13.4. The summed E-state index contributed by atoms with van der Waals surface area (Å²) in [6.45, 7) is 6.05. The van der Waals surface area contributed by atoms with Crippen LogP contribution in [0.4, 0.5) is 4.39 Å². The van der Waals surface area contributed by atoms with Crippen LogP contribution in [0.2, 0.25) is 0 Å². The molecular weight excluding hydrogens is 265 g/mol. The van der Waals surface area contributed by atoms with Crippen molar-refractivity contribution >= 4 is 0 Å². The summed E-state index contributed by atoms with van der Waals surface area (Å²) in [5, 5.41) is 3.54. The van der Waals surface area contributed by atoms with Crippen LogP contribution in [0.1, 0.15) is 50.2 Å². The molecule has 0 bridgehead atoms. The lowest BCUT2D eigenvalue weighted by Crippen LogP contribution is -2.33. The van der Waals surface area contributed by atoms with Gasteiger partial charge in [0.15, 0.2) is 0 Å². The highest BCUT2D eigenvalue weighted by Crippen LogP contribution is 2.20. The lowest BCUT2D eigenvalue weighted by Gasteiger charge is -2.25. The molecule has 2 nitrogen and oxygen atoms in total. The third-order valence-electron chi connectivity index (χ3n) is 4.38.